The molecule has 1 aliphatic rings. The Balaban J connectivity index is 2.24. The highest BCUT2D eigenvalue weighted by Gasteiger charge is 2.20. The summed E-state index contributed by atoms with van der Waals surface area (Å²) in [4.78, 5) is 2.28. The number of rotatable bonds is 3. The van der Waals surface area contributed by atoms with Crippen LogP contribution in [0.1, 0.15) is 25.8 Å². The fourth-order valence-corrected chi connectivity index (χ4v) is 2.85. The van der Waals surface area contributed by atoms with E-state index in [-0.39, 0.29) is 0 Å². The van der Waals surface area contributed by atoms with E-state index in [0.717, 1.165) is 17.5 Å². The molecule has 0 amide bonds. The molecule has 0 radical (unpaired) electrons. The zero-order valence-electron chi connectivity index (χ0n) is 11.8. The summed E-state index contributed by atoms with van der Waals surface area (Å²) >= 11 is 1.79. The number of hydrogen-bond acceptors (Lipinski definition) is 3. The molecule has 0 bridgehead atoms. The van der Waals surface area contributed by atoms with E-state index >= 15 is 0 Å². The van der Waals surface area contributed by atoms with Crippen molar-refractivity contribution < 1.29 is 0 Å². The number of para-hydroxylation sites is 1. The second kappa shape index (κ2) is 6.75. The van der Waals surface area contributed by atoms with Gasteiger partial charge in [0.2, 0.25) is 0 Å². The Hall–Kier alpha value is -1.29. The van der Waals surface area contributed by atoms with Gasteiger partial charge >= 0.3 is 0 Å². The Morgan fingerprint density at radius 3 is 2.84 bits per heavy atom. The smallest absolute Gasteiger partial charge is 0.190 e. The van der Waals surface area contributed by atoms with Gasteiger partial charge in [-0.05, 0) is 30.9 Å². The van der Waals surface area contributed by atoms with Crippen LogP contribution in [0.4, 0.5) is 5.69 Å². The lowest BCUT2D eigenvalue weighted by Crippen LogP contribution is -2.34. The van der Waals surface area contributed by atoms with E-state index in [2.05, 4.69) is 60.1 Å². The van der Waals surface area contributed by atoms with Crippen LogP contribution in [0, 0.1) is 12.8 Å². The summed E-state index contributed by atoms with van der Waals surface area (Å²) in [7, 11) is 0. The van der Waals surface area contributed by atoms with Crippen molar-refractivity contribution >= 4 is 28.8 Å². The summed E-state index contributed by atoms with van der Waals surface area (Å²) < 4.78 is 0. The van der Waals surface area contributed by atoms with Crippen molar-refractivity contribution in [2.45, 2.75) is 27.2 Å². The zero-order chi connectivity index (χ0) is 13.7. The van der Waals surface area contributed by atoms with E-state index < -0.39 is 0 Å². The SMILES string of the molecule is Cc1ccccc1N1CCCS/C1=N\N=C\C(C)C. The molecular formula is C15H21N3S. The Labute approximate surface area is 119 Å². The summed E-state index contributed by atoms with van der Waals surface area (Å²) in [5, 5.41) is 9.61. The monoisotopic (exact) mass is 275 g/mol. The lowest BCUT2D eigenvalue weighted by molar-refractivity contribution is 0.889. The van der Waals surface area contributed by atoms with E-state index in [1.165, 1.54) is 17.7 Å². The van der Waals surface area contributed by atoms with Crippen molar-refractivity contribution in [3.8, 4) is 0 Å². The van der Waals surface area contributed by atoms with E-state index in [1.54, 1.807) is 11.8 Å². The second-order valence-electron chi connectivity index (χ2n) is 5.03. The van der Waals surface area contributed by atoms with Crippen LogP contribution >= 0.6 is 11.8 Å². The van der Waals surface area contributed by atoms with Crippen molar-refractivity contribution in [3.05, 3.63) is 29.8 Å². The molecule has 0 N–H and O–H groups in total. The Kier molecular flexibility index (Phi) is 5.02. The maximum Gasteiger partial charge on any atom is 0.190 e. The van der Waals surface area contributed by atoms with Crippen LogP contribution in [0.15, 0.2) is 34.5 Å². The molecule has 4 heteroatoms. The van der Waals surface area contributed by atoms with Crippen LogP contribution < -0.4 is 4.90 Å². The third-order valence-electron chi connectivity index (χ3n) is 2.90. The lowest BCUT2D eigenvalue weighted by Gasteiger charge is -2.30. The van der Waals surface area contributed by atoms with Gasteiger partial charge in [0.25, 0.3) is 0 Å². The first-order valence-electron chi connectivity index (χ1n) is 6.75. The van der Waals surface area contributed by atoms with Gasteiger partial charge in [0, 0.05) is 24.2 Å². The van der Waals surface area contributed by atoms with Crippen LogP contribution in [0.3, 0.4) is 0 Å². The average molecular weight is 275 g/mol. The lowest BCUT2D eigenvalue weighted by atomic mass is 10.2. The summed E-state index contributed by atoms with van der Waals surface area (Å²) in [6.07, 6.45) is 3.07. The maximum absolute atomic E-state index is 4.40. The first-order chi connectivity index (χ1) is 9.18. The molecule has 0 aromatic heterocycles. The van der Waals surface area contributed by atoms with Crippen LogP contribution in [-0.4, -0.2) is 23.7 Å². The quantitative estimate of drug-likeness (QED) is 0.617. The zero-order valence-corrected chi connectivity index (χ0v) is 12.7. The van der Waals surface area contributed by atoms with E-state index in [1.807, 2.05) is 6.21 Å². The normalized spacial score (nSPS) is 18.7. The predicted octanol–water partition coefficient (Wildman–Crippen LogP) is 3.94. The van der Waals surface area contributed by atoms with E-state index in [4.69, 9.17) is 0 Å². The number of thioether (sulfide) groups is 1. The molecule has 0 atom stereocenters. The Morgan fingerprint density at radius 1 is 1.32 bits per heavy atom. The molecule has 102 valence electrons. The number of amidine groups is 1. The topological polar surface area (TPSA) is 28.0 Å². The van der Waals surface area contributed by atoms with Gasteiger partial charge in [-0.2, -0.15) is 5.10 Å². The molecule has 1 aromatic rings. The molecular weight excluding hydrogens is 254 g/mol. The Bertz CT molecular complexity index is 480. The molecule has 1 aliphatic heterocycles. The van der Waals surface area contributed by atoms with Gasteiger partial charge in [0.1, 0.15) is 0 Å². The number of nitrogens with zero attached hydrogens (tertiary/aromatic N) is 3. The standard InChI is InChI=1S/C15H21N3S/c1-12(2)11-16-17-15-18(9-6-10-19-15)14-8-5-4-7-13(14)3/h4-5,7-8,11-12H,6,9-10H2,1-3H3/b16-11+,17-15-. The molecule has 2 rings (SSSR count). The van der Waals surface area contributed by atoms with Crippen molar-refractivity contribution in [1.82, 2.24) is 0 Å². The van der Waals surface area contributed by atoms with Gasteiger partial charge in [0.05, 0.1) is 0 Å². The van der Waals surface area contributed by atoms with Crippen molar-refractivity contribution in [1.29, 1.82) is 0 Å². The van der Waals surface area contributed by atoms with E-state index in [0.29, 0.717) is 5.92 Å². The van der Waals surface area contributed by atoms with Gasteiger partial charge < -0.3 is 4.90 Å². The van der Waals surface area contributed by atoms with Crippen LogP contribution in [0.2, 0.25) is 0 Å². The molecule has 0 aliphatic carbocycles. The van der Waals surface area contributed by atoms with Gasteiger partial charge in [-0.3, -0.25) is 0 Å². The van der Waals surface area contributed by atoms with Crippen molar-refractivity contribution in [2.75, 3.05) is 17.2 Å². The van der Waals surface area contributed by atoms with Gasteiger partial charge in [0.15, 0.2) is 5.17 Å². The molecule has 0 spiro atoms. The Morgan fingerprint density at radius 2 is 2.11 bits per heavy atom. The molecule has 1 heterocycles. The summed E-state index contributed by atoms with van der Waals surface area (Å²) in [5.41, 5.74) is 2.53. The highest BCUT2D eigenvalue weighted by molar-refractivity contribution is 8.14. The number of anilines is 1. The van der Waals surface area contributed by atoms with Crippen LogP contribution in [-0.2, 0) is 0 Å². The fraction of sp³-hybridized carbons (Fsp3) is 0.467. The largest absolute Gasteiger partial charge is 0.319 e. The average Bonchev–Trinajstić information content (AvgIpc) is 2.40. The second-order valence-corrected chi connectivity index (χ2v) is 6.09. The first-order valence-corrected chi connectivity index (χ1v) is 7.74. The summed E-state index contributed by atoms with van der Waals surface area (Å²) in [6, 6.07) is 8.45. The minimum Gasteiger partial charge on any atom is -0.319 e. The molecule has 3 nitrogen and oxygen atoms in total. The highest BCUT2D eigenvalue weighted by atomic mass is 32.2. The number of aryl methyl sites for hydroxylation is 1. The number of hydrogen-bond donors (Lipinski definition) is 0. The molecule has 1 saturated heterocycles. The predicted molar refractivity (Wildman–Crippen MR) is 86.4 cm³/mol. The highest BCUT2D eigenvalue weighted by Crippen LogP contribution is 2.27. The molecule has 1 fully saturated rings. The van der Waals surface area contributed by atoms with Crippen molar-refractivity contribution in [3.63, 3.8) is 0 Å². The fourth-order valence-electron chi connectivity index (χ4n) is 1.95. The van der Waals surface area contributed by atoms with Crippen LogP contribution in [0.5, 0.6) is 0 Å². The summed E-state index contributed by atoms with van der Waals surface area (Å²) in [5.74, 6) is 1.56. The molecule has 1 aromatic carbocycles. The van der Waals surface area contributed by atoms with Crippen LogP contribution in [0.25, 0.3) is 0 Å². The minimum absolute atomic E-state index is 0.435. The van der Waals surface area contributed by atoms with Crippen molar-refractivity contribution in [2.24, 2.45) is 16.1 Å². The number of benzene rings is 1. The first kappa shape index (κ1) is 14.1. The maximum atomic E-state index is 4.40. The van der Waals surface area contributed by atoms with Gasteiger partial charge in [-0.15, -0.1) is 5.10 Å². The third-order valence-corrected chi connectivity index (χ3v) is 3.96. The molecule has 19 heavy (non-hydrogen) atoms. The third kappa shape index (κ3) is 3.83. The molecule has 0 unspecified atom stereocenters. The molecule has 0 saturated carbocycles. The summed E-state index contributed by atoms with van der Waals surface area (Å²) in [6.45, 7) is 7.38. The minimum atomic E-state index is 0.435. The van der Waals surface area contributed by atoms with E-state index in [9.17, 15) is 0 Å². The van der Waals surface area contributed by atoms with Gasteiger partial charge in [-0.25, -0.2) is 0 Å². The van der Waals surface area contributed by atoms with Gasteiger partial charge in [-0.1, -0.05) is 43.8 Å².